The molecule has 0 aliphatic carbocycles. The monoisotopic (exact) mass is 505 g/mol. The van der Waals surface area contributed by atoms with E-state index in [1.807, 2.05) is 49.1 Å². The Morgan fingerprint density at radius 1 is 1.00 bits per heavy atom. The van der Waals surface area contributed by atoms with E-state index in [0.717, 1.165) is 22.9 Å². The third kappa shape index (κ3) is 5.26. The highest BCUT2D eigenvalue weighted by atomic mass is 35.5. The standard InChI is InChI=1S/C26H28ClN7O2/c1-17-7-8-28-22(13-17)31-23-15-24(30-18(2)29-23)32-9-11-33(12-10-32)26(36)19-14-25(35)34(16-19)21-5-3-20(27)4-6-21/h3-8,13,15,19H,9-12,14,16H2,1-2H3,(H,28,29,30,31). The molecule has 0 bridgehead atoms. The minimum absolute atomic E-state index is 0.0334. The van der Waals surface area contributed by atoms with Crippen molar-refractivity contribution in [1.82, 2.24) is 19.9 Å². The van der Waals surface area contributed by atoms with Crippen LogP contribution in [0.15, 0.2) is 48.7 Å². The number of aromatic nitrogens is 3. The minimum Gasteiger partial charge on any atom is -0.353 e. The lowest BCUT2D eigenvalue weighted by atomic mass is 10.1. The summed E-state index contributed by atoms with van der Waals surface area (Å²) in [5.41, 5.74) is 1.88. The topological polar surface area (TPSA) is 94.6 Å². The van der Waals surface area contributed by atoms with Gasteiger partial charge in [-0.1, -0.05) is 11.6 Å². The molecule has 2 amide bonds. The van der Waals surface area contributed by atoms with Crippen molar-refractivity contribution < 1.29 is 9.59 Å². The highest BCUT2D eigenvalue weighted by molar-refractivity contribution is 6.30. The van der Waals surface area contributed by atoms with Crippen molar-refractivity contribution >= 4 is 46.6 Å². The summed E-state index contributed by atoms with van der Waals surface area (Å²) in [5.74, 6) is 2.55. The average molecular weight is 506 g/mol. The van der Waals surface area contributed by atoms with Crippen molar-refractivity contribution in [3.63, 3.8) is 0 Å². The second-order valence-corrected chi connectivity index (χ2v) is 9.63. The van der Waals surface area contributed by atoms with Crippen molar-refractivity contribution in [2.45, 2.75) is 20.3 Å². The Hall–Kier alpha value is -3.72. The molecule has 1 N–H and O–H groups in total. The zero-order valence-corrected chi connectivity index (χ0v) is 21.1. The Kier molecular flexibility index (Phi) is 6.73. The number of carbonyl (C=O) groups is 2. The van der Waals surface area contributed by atoms with Crippen molar-refractivity contribution in [2.75, 3.05) is 47.8 Å². The predicted octanol–water partition coefficient (Wildman–Crippen LogP) is 3.59. The summed E-state index contributed by atoms with van der Waals surface area (Å²) in [6.07, 6.45) is 1.99. The maximum Gasteiger partial charge on any atom is 0.228 e. The van der Waals surface area contributed by atoms with E-state index in [1.54, 1.807) is 23.2 Å². The van der Waals surface area contributed by atoms with Crippen LogP contribution in [-0.4, -0.2) is 64.4 Å². The molecule has 36 heavy (non-hydrogen) atoms. The second-order valence-electron chi connectivity index (χ2n) is 9.20. The molecule has 9 nitrogen and oxygen atoms in total. The molecule has 3 aromatic rings. The largest absolute Gasteiger partial charge is 0.353 e. The maximum atomic E-state index is 13.2. The van der Waals surface area contributed by atoms with Gasteiger partial charge >= 0.3 is 0 Å². The molecule has 0 spiro atoms. The van der Waals surface area contributed by atoms with Gasteiger partial charge in [0, 0.05) is 62.1 Å². The Morgan fingerprint density at radius 2 is 1.75 bits per heavy atom. The fraction of sp³-hybridized carbons (Fsp3) is 0.346. The number of benzene rings is 1. The van der Waals surface area contributed by atoms with Gasteiger partial charge in [-0.15, -0.1) is 0 Å². The summed E-state index contributed by atoms with van der Waals surface area (Å²) in [6, 6.07) is 13.0. The van der Waals surface area contributed by atoms with Crippen LogP contribution < -0.4 is 15.1 Å². The van der Waals surface area contributed by atoms with Gasteiger partial charge in [-0.2, -0.15) is 0 Å². The van der Waals surface area contributed by atoms with Gasteiger partial charge in [-0.05, 0) is 55.8 Å². The normalized spacial score (nSPS) is 18.0. The van der Waals surface area contributed by atoms with E-state index in [-0.39, 0.29) is 24.2 Å². The predicted molar refractivity (Wildman–Crippen MR) is 140 cm³/mol. The number of amides is 2. The molecule has 2 aliphatic rings. The zero-order valence-electron chi connectivity index (χ0n) is 20.3. The van der Waals surface area contributed by atoms with E-state index in [0.29, 0.717) is 49.4 Å². The number of nitrogens with one attached hydrogen (secondary N) is 1. The third-order valence-electron chi connectivity index (χ3n) is 6.52. The van der Waals surface area contributed by atoms with Gasteiger partial charge in [0.25, 0.3) is 0 Å². The van der Waals surface area contributed by atoms with Crippen molar-refractivity contribution in [3.05, 3.63) is 65.1 Å². The number of aryl methyl sites for hydroxylation is 2. The zero-order chi connectivity index (χ0) is 25.2. The lowest BCUT2D eigenvalue weighted by Gasteiger charge is -2.36. The fourth-order valence-corrected chi connectivity index (χ4v) is 4.80. The van der Waals surface area contributed by atoms with Gasteiger partial charge in [0.1, 0.15) is 23.3 Å². The first-order valence-electron chi connectivity index (χ1n) is 12.0. The number of halogens is 1. The van der Waals surface area contributed by atoms with Gasteiger partial charge in [-0.25, -0.2) is 15.0 Å². The molecule has 5 rings (SSSR count). The van der Waals surface area contributed by atoms with E-state index in [4.69, 9.17) is 11.6 Å². The van der Waals surface area contributed by atoms with Gasteiger partial charge in [0.15, 0.2) is 0 Å². The minimum atomic E-state index is -0.335. The molecular weight excluding hydrogens is 478 g/mol. The Labute approximate surface area is 215 Å². The first-order valence-corrected chi connectivity index (χ1v) is 12.4. The highest BCUT2D eigenvalue weighted by Crippen LogP contribution is 2.28. The number of anilines is 4. The molecule has 0 saturated carbocycles. The number of pyridine rings is 1. The van der Waals surface area contributed by atoms with Gasteiger partial charge in [0.05, 0.1) is 5.92 Å². The fourth-order valence-electron chi connectivity index (χ4n) is 4.67. The number of piperazine rings is 1. The number of rotatable bonds is 5. The van der Waals surface area contributed by atoms with E-state index in [1.165, 1.54) is 0 Å². The van der Waals surface area contributed by atoms with Crippen LogP contribution in [0.1, 0.15) is 17.8 Å². The van der Waals surface area contributed by atoms with E-state index >= 15 is 0 Å². The average Bonchev–Trinajstić information content (AvgIpc) is 3.25. The Balaban J connectivity index is 1.20. The molecule has 2 aromatic heterocycles. The summed E-state index contributed by atoms with van der Waals surface area (Å²) in [7, 11) is 0. The highest BCUT2D eigenvalue weighted by Gasteiger charge is 2.38. The van der Waals surface area contributed by atoms with Gasteiger partial charge in [0.2, 0.25) is 11.8 Å². The van der Waals surface area contributed by atoms with E-state index in [9.17, 15) is 9.59 Å². The van der Waals surface area contributed by atoms with Crippen LogP contribution in [0.4, 0.5) is 23.1 Å². The van der Waals surface area contributed by atoms with Crippen LogP contribution in [0, 0.1) is 19.8 Å². The van der Waals surface area contributed by atoms with Gasteiger partial charge < -0.3 is 20.0 Å². The molecule has 1 unspecified atom stereocenters. The number of carbonyl (C=O) groups excluding carboxylic acids is 2. The number of hydrogen-bond donors (Lipinski definition) is 1. The molecule has 10 heteroatoms. The van der Waals surface area contributed by atoms with Crippen LogP contribution >= 0.6 is 11.6 Å². The van der Waals surface area contributed by atoms with E-state index < -0.39 is 0 Å². The molecule has 1 atom stereocenters. The molecule has 186 valence electrons. The molecule has 4 heterocycles. The summed E-state index contributed by atoms with van der Waals surface area (Å²) in [4.78, 5) is 45.0. The van der Waals surface area contributed by atoms with Crippen LogP contribution in [0.2, 0.25) is 5.02 Å². The molecule has 1 aromatic carbocycles. The summed E-state index contributed by atoms with van der Waals surface area (Å²) >= 11 is 5.97. The van der Waals surface area contributed by atoms with Crippen LogP contribution in [-0.2, 0) is 9.59 Å². The second kappa shape index (κ2) is 10.1. The SMILES string of the molecule is Cc1ccnc(Nc2cc(N3CCN(C(=O)C4CC(=O)N(c5ccc(Cl)cc5)C4)CC3)nc(C)n2)c1. The smallest absolute Gasteiger partial charge is 0.228 e. The number of nitrogens with zero attached hydrogens (tertiary/aromatic N) is 6. The Bertz CT molecular complexity index is 1280. The summed E-state index contributed by atoms with van der Waals surface area (Å²) in [6.45, 7) is 6.75. The van der Waals surface area contributed by atoms with Crippen LogP contribution in [0.5, 0.6) is 0 Å². The van der Waals surface area contributed by atoms with Crippen molar-refractivity contribution in [2.24, 2.45) is 5.92 Å². The summed E-state index contributed by atoms with van der Waals surface area (Å²) < 4.78 is 0. The molecule has 2 fully saturated rings. The number of hydrogen-bond acceptors (Lipinski definition) is 7. The Morgan fingerprint density at radius 3 is 2.47 bits per heavy atom. The first kappa shape index (κ1) is 24.0. The molecule has 2 saturated heterocycles. The first-order chi connectivity index (χ1) is 17.4. The maximum absolute atomic E-state index is 13.2. The van der Waals surface area contributed by atoms with Crippen molar-refractivity contribution in [1.29, 1.82) is 0 Å². The molecular formula is C26H28ClN7O2. The lowest BCUT2D eigenvalue weighted by molar-refractivity contribution is -0.136. The van der Waals surface area contributed by atoms with E-state index in [2.05, 4.69) is 25.2 Å². The summed E-state index contributed by atoms with van der Waals surface area (Å²) in [5, 5.41) is 3.87. The van der Waals surface area contributed by atoms with Crippen LogP contribution in [0.3, 0.4) is 0 Å². The van der Waals surface area contributed by atoms with Crippen LogP contribution in [0.25, 0.3) is 0 Å². The molecule has 2 aliphatic heterocycles. The third-order valence-corrected chi connectivity index (χ3v) is 6.78. The molecule has 0 radical (unpaired) electrons. The van der Waals surface area contributed by atoms with Gasteiger partial charge in [-0.3, -0.25) is 9.59 Å². The quantitative estimate of drug-likeness (QED) is 0.566. The lowest BCUT2D eigenvalue weighted by Crippen LogP contribution is -2.51. The van der Waals surface area contributed by atoms with Crippen molar-refractivity contribution in [3.8, 4) is 0 Å².